The Morgan fingerprint density at radius 1 is 1.43 bits per heavy atom. The normalized spacial score (nSPS) is 25.6. The maximum Gasteiger partial charge on any atom is 0.222 e. The standard InChI is InChI=1S/C10H18N2O.ClH/c1-12(9-4-5-11-7-9)10(13)6-8-2-3-8;/h8-9,11H,2-7H2,1H3;1H/t9-;/m1./s1. The van der Waals surface area contributed by atoms with Crippen LogP contribution < -0.4 is 5.32 Å². The summed E-state index contributed by atoms with van der Waals surface area (Å²) in [5, 5.41) is 3.28. The van der Waals surface area contributed by atoms with Gasteiger partial charge in [0.1, 0.15) is 0 Å². The van der Waals surface area contributed by atoms with Crippen LogP contribution in [0.1, 0.15) is 25.7 Å². The molecule has 1 heterocycles. The van der Waals surface area contributed by atoms with Crippen molar-refractivity contribution in [2.24, 2.45) is 5.92 Å². The molecule has 0 aromatic carbocycles. The zero-order chi connectivity index (χ0) is 9.26. The first-order chi connectivity index (χ1) is 6.27. The highest BCUT2D eigenvalue weighted by Crippen LogP contribution is 2.33. The molecule has 1 aliphatic heterocycles. The number of nitrogens with one attached hydrogen (secondary N) is 1. The molecule has 14 heavy (non-hydrogen) atoms. The molecular formula is C10H19ClN2O. The van der Waals surface area contributed by atoms with Gasteiger partial charge in [0.05, 0.1) is 0 Å². The molecular weight excluding hydrogens is 200 g/mol. The molecule has 1 saturated carbocycles. The van der Waals surface area contributed by atoms with E-state index in [1.807, 2.05) is 11.9 Å². The van der Waals surface area contributed by atoms with Crippen LogP contribution in [-0.4, -0.2) is 37.0 Å². The van der Waals surface area contributed by atoms with E-state index in [0.717, 1.165) is 25.9 Å². The Hall–Kier alpha value is -0.280. The first-order valence-corrected chi connectivity index (χ1v) is 5.24. The molecule has 0 unspecified atom stereocenters. The van der Waals surface area contributed by atoms with E-state index in [9.17, 15) is 4.79 Å². The molecule has 1 amide bonds. The van der Waals surface area contributed by atoms with Crippen LogP contribution in [0.2, 0.25) is 0 Å². The van der Waals surface area contributed by atoms with Crippen molar-refractivity contribution >= 4 is 18.3 Å². The van der Waals surface area contributed by atoms with Crippen LogP contribution >= 0.6 is 12.4 Å². The fraction of sp³-hybridized carbons (Fsp3) is 0.900. The molecule has 3 nitrogen and oxygen atoms in total. The van der Waals surface area contributed by atoms with Crippen LogP contribution in [0, 0.1) is 5.92 Å². The predicted octanol–water partition coefficient (Wildman–Crippen LogP) is 1.03. The average Bonchev–Trinajstić information content (AvgIpc) is 2.78. The van der Waals surface area contributed by atoms with Gasteiger partial charge in [0.25, 0.3) is 0 Å². The first-order valence-electron chi connectivity index (χ1n) is 5.24. The van der Waals surface area contributed by atoms with Crippen molar-refractivity contribution < 1.29 is 4.79 Å². The van der Waals surface area contributed by atoms with Gasteiger partial charge < -0.3 is 10.2 Å². The molecule has 0 spiro atoms. The molecule has 2 fully saturated rings. The Kier molecular flexibility index (Phi) is 4.20. The smallest absolute Gasteiger partial charge is 0.222 e. The molecule has 1 aliphatic carbocycles. The third-order valence-electron chi connectivity index (χ3n) is 3.14. The number of amides is 1. The second-order valence-electron chi connectivity index (χ2n) is 4.30. The molecule has 0 aromatic heterocycles. The Labute approximate surface area is 91.6 Å². The lowest BCUT2D eigenvalue weighted by Crippen LogP contribution is -2.38. The highest BCUT2D eigenvalue weighted by molar-refractivity contribution is 5.85. The van der Waals surface area contributed by atoms with Crippen molar-refractivity contribution in [3.8, 4) is 0 Å². The minimum atomic E-state index is 0. The van der Waals surface area contributed by atoms with E-state index in [4.69, 9.17) is 0 Å². The van der Waals surface area contributed by atoms with Gasteiger partial charge in [0.2, 0.25) is 5.91 Å². The minimum Gasteiger partial charge on any atom is -0.341 e. The maximum absolute atomic E-state index is 11.7. The van der Waals surface area contributed by atoms with Gasteiger partial charge >= 0.3 is 0 Å². The molecule has 1 atom stereocenters. The van der Waals surface area contributed by atoms with E-state index in [1.54, 1.807) is 0 Å². The summed E-state index contributed by atoms with van der Waals surface area (Å²) < 4.78 is 0. The summed E-state index contributed by atoms with van der Waals surface area (Å²) in [7, 11) is 1.95. The first kappa shape index (κ1) is 11.8. The molecule has 2 rings (SSSR count). The summed E-state index contributed by atoms with van der Waals surface area (Å²) in [6.45, 7) is 2.04. The van der Waals surface area contributed by atoms with E-state index in [-0.39, 0.29) is 12.4 Å². The maximum atomic E-state index is 11.7. The van der Waals surface area contributed by atoms with Gasteiger partial charge in [0.15, 0.2) is 0 Å². The molecule has 0 aromatic rings. The van der Waals surface area contributed by atoms with E-state index >= 15 is 0 Å². The average molecular weight is 219 g/mol. The summed E-state index contributed by atoms with van der Waals surface area (Å²) in [5.41, 5.74) is 0. The largest absolute Gasteiger partial charge is 0.341 e. The summed E-state index contributed by atoms with van der Waals surface area (Å²) >= 11 is 0. The highest BCUT2D eigenvalue weighted by Gasteiger charge is 2.29. The molecule has 4 heteroatoms. The van der Waals surface area contributed by atoms with Gasteiger partial charge in [-0.05, 0) is 31.7 Å². The lowest BCUT2D eigenvalue weighted by molar-refractivity contribution is -0.132. The third kappa shape index (κ3) is 2.85. The van der Waals surface area contributed by atoms with Gasteiger partial charge in [-0.1, -0.05) is 0 Å². The second kappa shape index (κ2) is 4.99. The molecule has 1 saturated heterocycles. The van der Waals surface area contributed by atoms with Crippen molar-refractivity contribution in [3.63, 3.8) is 0 Å². The zero-order valence-corrected chi connectivity index (χ0v) is 9.48. The van der Waals surface area contributed by atoms with Crippen molar-refractivity contribution in [1.29, 1.82) is 0 Å². The van der Waals surface area contributed by atoms with E-state index in [1.165, 1.54) is 12.8 Å². The van der Waals surface area contributed by atoms with Crippen molar-refractivity contribution in [2.45, 2.75) is 31.7 Å². The van der Waals surface area contributed by atoms with Crippen LogP contribution in [0.15, 0.2) is 0 Å². The summed E-state index contributed by atoms with van der Waals surface area (Å²) in [4.78, 5) is 13.6. The number of carbonyl (C=O) groups excluding carboxylic acids is 1. The van der Waals surface area contributed by atoms with Gasteiger partial charge in [-0.3, -0.25) is 4.79 Å². The monoisotopic (exact) mass is 218 g/mol. The van der Waals surface area contributed by atoms with Gasteiger partial charge in [-0.15, -0.1) is 12.4 Å². The third-order valence-corrected chi connectivity index (χ3v) is 3.14. The van der Waals surface area contributed by atoms with E-state index in [2.05, 4.69) is 5.32 Å². The number of carbonyl (C=O) groups is 1. The van der Waals surface area contributed by atoms with Crippen LogP contribution in [0.5, 0.6) is 0 Å². The van der Waals surface area contributed by atoms with Gasteiger partial charge in [0, 0.05) is 26.1 Å². The van der Waals surface area contributed by atoms with Crippen molar-refractivity contribution in [3.05, 3.63) is 0 Å². The second-order valence-corrected chi connectivity index (χ2v) is 4.30. The number of halogens is 1. The summed E-state index contributed by atoms with van der Waals surface area (Å²) in [6, 6.07) is 0.450. The minimum absolute atomic E-state index is 0. The molecule has 0 radical (unpaired) electrons. The van der Waals surface area contributed by atoms with Crippen molar-refractivity contribution in [2.75, 3.05) is 20.1 Å². The number of rotatable bonds is 3. The number of hydrogen-bond acceptors (Lipinski definition) is 2. The number of likely N-dealkylation sites (N-methyl/N-ethyl adjacent to an activating group) is 1. The van der Waals surface area contributed by atoms with Crippen LogP contribution in [0.25, 0.3) is 0 Å². The SMILES string of the molecule is CN(C(=O)CC1CC1)[C@@H]1CCNC1.Cl. The number of nitrogens with zero attached hydrogens (tertiary/aromatic N) is 1. The highest BCUT2D eigenvalue weighted by atomic mass is 35.5. The summed E-state index contributed by atoms with van der Waals surface area (Å²) in [5.74, 6) is 1.06. The van der Waals surface area contributed by atoms with Crippen molar-refractivity contribution in [1.82, 2.24) is 10.2 Å². The lowest BCUT2D eigenvalue weighted by Gasteiger charge is -2.23. The molecule has 82 valence electrons. The Balaban J connectivity index is 0.000000980. The topological polar surface area (TPSA) is 32.3 Å². The van der Waals surface area contributed by atoms with Gasteiger partial charge in [-0.25, -0.2) is 0 Å². The Morgan fingerprint density at radius 3 is 2.64 bits per heavy atom. The van der Waals surface area contributed by atoms with E-state index in [0.29, 0.717) is 17.9 Å². The fourth-order valence-corrected chi connectivity index (χ4v) is 1.89. The Bertz CT molecular complexity index is 200. The van der Waals surface area contributed by atoms with Crippen LogP contribution in [0.3, 0.4) is 0 Å². The quantitative estimate of drug-likeness (QED) is 0.768. The van der Waals surface area contributed by atoms with Crippen LogP contribution in [0.4, 0.5) is 0 Å². The van der Waals surface area contributed by atoms with Crippen LogP contribution in [-0.2, 0) is 4.79 Å². The number of hydrogen-bond donors (Lipinski definition) is 1. The molecule has 1 N–H and O–H groups in total. The van der Waals surface area contributed by atoms with Gasteiger partial charge in [-0.2, -0.15) is 0 Å². The Morgan fingerprint density at radius 2 is 2.14 bits per heavy atom. The lowest BCUT2D eigenvalue weighted by atomic mass is 10.2. The zero-order valence-electron chi connectivity index (χ0n) is 8.66. The van der Waals surface area contributed by atoms with E-state index < -0.39 is 0 Å². The predicted molar refractivity (Wildman–Crippen MR) is 58.6 cm³/mol. The summed E-state index contributed by atoms with van der Waals surface area (Å²) in [6.07, 6.45) is 4.44. The fourth-order valence-electron chi connectivity index (χ4n) is 1.89. The molecule has 2 aliphatic rings. The molecule has 0 bridgehead atoms.